The molecular weight excluding hydrogens is 344 g/mol. The number of hydrogen-bond acceptors (Lipinski definition) is 5. The van der Waals surface area contributed by atoms with Gasteiger partial charge in [0.05, 0.1) is 36.0 Å². The number of allylic oxidation sites excluding steroid dienone is 2. The fourth-order valence-corrected chi connectivity index (χ4v) is 3.89. The van der Waals surface area contributed by atoms with Gasteiger partial charge >= 0.3 is 0 Å². The molecule has 0 bridgehead atoms. The summed E-state index contributed by atoms with van der Waals surface area (Å²) >= 11 is 0. The quantitative estimate of drug-likeness (QED) is 0.642. The van der Waals surface area contributed by atoms with Gasteiger partial charge in [-0.15, -0.1) is 0 Å². The van der Waals surface area contributed by atoms with Gasteiger partial charge in [-0.25, -0.2) is 4.98 Å². The van der Waals surface area contributed by atoms with E-state index in [0.717, 1.165) is 0 Å². The van der Waals surface area contributed by atoms with Crippen LogP contribution in [0.2, 0.25) is 0 Å². The summed E-state index contributed by atoms with van der Waals surface area (Å²) in [6.45, 7) is 3.17. The minimum atomic E-state index is -0.222. The van der Waals surface area contributed by atoms with Crippen LogP contribution in [0.15, 0.2) is 41.2 Å². The fourth-order valence-electron chi connectivity index (χ4n) is 3.89. The largest absolute Gasteiger partial charge is 0.309 e. The number of fused-ring (bicyclic) bond motifs is 2. The Morgan fingerprint density at radius 2 is 1.78 bits per heavy atom. The van der Waals surface area contributed by atoms with Crippen molar-refractivity contribution in [2.45, 2.75) is 26.3 Å². The highest BCUT2D eigenvalue weighted by molar-refractivity contribution is 6.05. The molecule has 4 rings (SSSR count). The molecule has 1 N–H and O–H groups in total. The molecule has 1 aromatic heterocycles. The normalized spacial score (nSPS) is 22.1. The minimum Gasteiger partial charge on any atom is -0.309 e. The number of H-pyrrole nitrogens is 1. The van der Waals surface area contributed by atoms with Crippen LogP contribution in [0.3, 0.4) is 0 Å². The lowest BCUT2D eigenvalue weighted by molar-refractivity contribution is -0.142. The van der Waals surface area contributed by atoms with E-state index in [9.17, 15) is 14.4 Å². The minimum absolute atomic E-state index is 0.0900. The monoisotopic (exact) mass is 366 g/mol. The summed E-state index contributed by atoms with van der Waals surface area (Å²) in [5.41, 5.74) is 0.454. The zero-order chi connectivity index (χ0) is 19.0. The predicted molar refractivity (Wildman–Crippen MR) is 101 cm³/mol. The van der Waals surface area contributed by atoms with Gasteiger partial charge in [0.25, 0.3) is 5.56 Å². The fraction of sp³-hybridized carbons (Fsp3) is 0.400. The topological polar surface area (TPSA) is 86.4 Å². The van der Waals surface area contributed by atoms with Gasteiger partial charge in [0.2, 0.25) is 11.8 Å². The van der Waals surface area contributed by atoms with Gasteiger partial charge in [-0.3, -0.25) is 24.2 Å². The Bertz CT molecular complexity index is 955. The number of para-hydroxylation sites is 1. The number of likely N-dealkylation sites (tertiary alicyclic amines) is 1. The number of carbonyl (C=O) groups is 2. The summed E-state index contributed by atoms with van der Waals surface area (Å²) in [4.78, 5) is 48.2. The smallest absolute Gasteiger partial charge is 0.258 e. The number of carbonyl (C=O) groups excluding carboxylic acids is 2. The molecule has 0 unspecified atom stereocenters. The van der Waals surface area contributed by atoms with E-state index >= 15 is 0 Å². The maximum absolute atomic E-state index is 12.7. The van der Waals surface area contributed by atoms with Gasteiger partial charge in [-0.1, -0.05) is 31.2 Å². The first-order valence-corrected chi connectivity index (χ1v) is 9.29. The molecule has 140 valence electrons. The molecule has 2 aliphatic rings. The molecule has 27 heavy (non-hydrogen) atoms. The summed E-state index contributed by atoms with van der Waals surface area (Å²) in [6.07, 6.45) is 5.24. The van der Waals surface area contributed by atoms with Gasteiger partial charge in [0, 0.05) is 0 Å². The number of benzene rings is 1. The Hall–Kier alpha value is -2.80. The number of aromatic nitrogens is 2. The highest BCUT2D eigenvalue weighted by Gasteiger charge is 2.47. The van der Waals surface area contributed by atoms with Crippen molar-refractivity contribution in [2.75, 3.05) is 13.2 Å². The highest BCUT2D eigenvalue weighted by Crippen LogP contribution is 2.35. The van der Waals surface area contributed by atoms with E-state index in [1.165, 1.54) is 4.90 Å². The van der Waals surface area contributed by atoms with Crippen molar-refractivity contribution in [1.29, 1.82) is 0 Å². The molecule has 2 aromatic rings. The standard InChI is InChI=1S/C20H22N4O3/c1-2-23(11-17-21-16-10-6-5-9-15(16)18(25)22-17)12-24-19(26)13-7-3-4-8-14(13)20(24)27/h3-6,9-10,13-14H,2,7-8,11-12H2,1H3,(H,21,22,25)/t13-,14+. The average Bonchev–Trinajstić information content (AvgIpc) is 2.92. The molecule has 7 heteroatoms. The molecule has 1 aliphatic heterocycles. The van der Waals surface area contributed by atoms with Crippen LogP contribution in [0, 0.1) is 11.8 Å². The van der Waals surface area contributed by atoms with Gasteiger partial charge in [0.15, 0.2) is 0 Å². The third-order valence-corrected chi connectivity index (χ3v) is 5.42. The van der Waals surface area contributed by atoms with Gasteiger partial charge in [-0.2, -0.15) is 0 Å². The first-order valence-electron chi connectivity index (χ1n) is 9.29. The Morgan fingerprint density at radius 1 is 1.11 bits per heavy atom. The van der Waals surface area contributed by atoms with Crippen molar-refractivity contribution >= 4 is 22.7 Å². The van der Waals surface area contributed by atoms with E-state index in [0.29, 0.717) is 42.7 Å². The second-order valence-electron chi connectivity index (χ2n) is 7.08. The van der Waals surface area contributed by atoms with Crippen LogP contribution in [0.25, 0.3) is 10.9 Å². The number of nitrogens with one attached hydrogen (secondary N) is 1. The van der Waals surface area contributed by atoms with Crippen LogP contribution in [0.5, 0.6) is 0 Å². The van der Waals surface area contributed by atoms with Crippen molar-refractivity contribution in [2.24, 2.45) is 11.8 Å². The second-order valence-corrected chi connectivity index (χ2v) is 7.08. The number of imide groups is 1. The molecular formula is C20H22N4O3. The second kappa shape index (κ2) is 7.08. The van der Waals surface area contributed by atoms with Gasteiger partial charge < -0.3 is 4.98 Å². The van der Waals surface area contributed by atoms with Crippen LogP contribution in [0.4, 0.5) is 0 Å². The molecule has 1 aromatic carbocycles. The zero-order valence-corrected chi connectivity index (χ0v) is 15.2. The molecule has 0 radical (unpaired) electrons. The van der Waals surface area contributed by atoms with E-state index in [-0.39, 0.29) is 35.9 Å². The van der Waals surface area contributed by atoms with Gasteiger partial charge in [0.1, 0.15) is 5.82 Å². The number of nitrogens with zero attached hydrogens (tertiary/aromatic N) is 3. The Kier molecular flexibility index (Phi) is 4.61. The Balaban J connectivity index is 1.53. The van der Waals surface area contributed by atoms with Crippen LogP contribution >= 0.6 is 0 Å². The van der Waals surface area contributed by atoms with Crippen LogP contribution in [-0.2, 0) is 16.1 Å². The Labute approximate surface area is 156 Å². The number of amides is 2. The van der Waals surface area contributed by atoms with Crippen molar-refractivity contribution < 1.29 is 9.59 Å². The van der Waals surface area contributed by atoms with Gasteiger partial charge in [-0.05, 0) is 31.5 Å². The van der Waals surface area contributed by atoms with E-state index in [1.807, 2.05) is 30.0 Å². The average molecular weight is 366 g/mol. The molecule has 1 fully saturated rings. The molecule has 1 saturated heterocycles. The van der Waals surface area contributed by atoms with E-state index < -0.39 is 0 Å². The molecule has 2 atom stereocenters. The van der Waals surface area contributed by atoms with E-state index in [2.05, 4.69) is 9.97 Å². The van der Waals surface area contributed by atoms with E-state index in [1.54, 1.807) is 18.2 Å². The molecule has 2 heterocycles. The van der Waals surface area contributed by atoms with Crippen molar-refractivity contribution in [3.05, 3.63) is 52.6 Å². The SMILES string of the molecule is CCN(Cc1nc2ccccc2c(=O)[nH]1)CN1C(=O)[C@H]2CC=CC[C@H]2C1=O. The predicted octanol–water partition coefficient (Wildman–Crippen LogP) is 1.65. The summed E-state index contributed by atoms with van der Waals surface area (Å²) in [6, 6.07) is 7.18. The number of aromatic amines is 1. The summed E-state index contributed by atoms with van der Waals surface area (Å²) < 4.78 is 0. The molecule has 7 nitrogen and oxygen atoms in total. The molecule has 1 aliphatic carbocycles. The Morgan fingerprint density at radius 3 is 2.44 bits per heavy atom. The van der Waals surface area contributed by atoms with Crippen molar-refractivity contribution in [3.8, 4) is 0 Å². The summed E-state index contributed by atoms with van der Waals surface area (Å²) in [5.74, 6) is -0.0983. The van der Waals surface area contributed by atoms with Crippen LogP contribution < -0.4 is 5.56 Å². The number of hydrogen-bond donors (Lipinski definition) is 1. The van der Waals surface area contributed by atoms with Crippen molar-refractivity contribution in [3.63, 3.8) is 0 Å². The first-order chi connectivity index (χ1) is 13.1. The maximum atomic E-state index is 12.7. The highest BCUT2D eigenvalue weighted by atomic mass is 16.2. The lowest BCUT2D eigenvalue weighted by Gasteiger charge is -2.25. The lowest BCUT2D eigenvalue weighted by atomic mass is 9.85. The lowest BCUT2D eigenvalue weighted by Crippen LogP contribution is -2.42. The summed E-state index contributed by atoms with van der Waals surface area (Å²) in [5, 5.41) is 0.547. The van der Waals surface area contributed by atoms with Crippen LogP contribution in [-0.4, -0.2) is 44.8 Å². The van der Waals surface area contributed by atoms with Crippen molar-refractivity contribution in [1.82, 2.24) is 19.8 Å². The molecule has 0 spiro atoms. The molecule has 2 amide bonds. The first kappa shape index (κ1) is 17.6. The van der Waals surface area contributed by atoms with Crippen LogP contribution in [0.1, 0.15) is 25.6 Å². The number of rotatable bonds is 5. The summed E-state index contributed by atoms with van der Waals surface area (Å²) in [7, 11) is 0. The van der Waals surface area contributed by atoms with E-state index in [4.69, 9.17) is 0 Å². The third-order valence-electron chi connectivity index (χ3n) is 5.42. The zero-order valence-electron chi connectivity index (χ0n) is 15.2. The maximum Gasteiger partial charge on any atom is 0.258 e. The molecule has 0 saturated carbocycles. The third kappa shape index (κ3) is 3.19.